The third-order valence-electron chi connectivity index (χ3n) is 8.93. The summed E-state index contributed by atoms with van der Waals surface area (Å²) < 4.78 is 10.4. The molecule has 2 heterocycles. The normalized spacial score (nSPS) is 13.2. The first-order valence-corrected chi connectivity index (χ1v) is 15.6. The van der Waals surface area contributed by atoms with Gasteiger partial charge in [-0.3, -0.25) is 19.2 Å². The highest BCUT2D eigenvalue weighted by Gasteiger charge is 2.35. The second-order valence-electron chi connectivity index (χ2n) is 11.6. The maximum absolute atomic E-state index is 13.6. The molecule has 6 aromatic carbocycles. The monoisotopic (exact) mass is 652 g/mol. The van der Waals surface area contributed by atoms with Crippen molar-refractivity contribution in [3.63, 3.8) is 0 Å². The van der Waals surface area contributed by atoms with Gasteiger partial charge in [-0.15, -0.1) is 0 Å². The molecule has 0 saturated carbocycles. The Labute approximate surface area is 286 Å². The van der Waals surface area contributed by atoms with Gasteiger partial charge in [0.25, 0.3) is 23.6 Å². The van der Waals surface area contributed by atoms with Crippen LogP contribution in [0.3, 0.4) is 0 Å². The molecule has 0 aromatic heterocycles. The number of rotatable bonds is 4. The Hall–Kier alpha value is -7.16. The molecule has 8 rings (SSSR count). The number of hydrogen-bond donors (Lipinski definition) is 0. The van der Waals surface area contributed by atoms with Crippen LogP contribution >= 0.6 is 0 Å². The molecule has 50 heavy (non-hydrogen) atoms. The molecule has 0 atom stereocenters. The summed E-state index contributed by atoms with van der Waals surface area (Å²) in [6, 6.07) is 31.0. The van der Waals surface area contributed by atoms with Gasteiger partial charge < -0.3 is 9.47 Å². The summed E-state index contributed by atoms with van der Waals surface area (Å²) in [5, 5.41) is 2.44. The van der Waals surface area contributed by atoms with E-state index in [0.717, 1.165) is 0 Å². The van der Waals surface area contributed by atoms with Gasteiger partial charge >= 0.3 is 0 Å². The minimum atomic E-state index is -0.421. The fourth-order valence-electron chi connectivity index (χ4n) is 6.54. The zero-order chi connectivity index (χ0) is 34.5. The van der Waals surface area contributed by atoms with Gasteiger partial charge in [0.05, 0.1) is 25.6 Å². The summed E-state index contributed by atoms with van der Waals surface area (Å²) in [7, 11) is 3.10. The van der Waals surface area contributed by atoms with Crippen molar-refractivity contribution < 1.29 is 28.7 Å². The van der Waals surface area contributed by atoms with Crippen LogP contribution in [0.4, 0.5) is 11.4 Å². The van der Waals surface area contributed by atoms with Crippen molar-refractivity contribution >= 4 is 56.5 Å². The average molecular weight is 653 g/mol. The zero-order valence-electron chi connectivity index (χ0n) is 26.7. The lowest BCUT2D eigenvalue weighted by Crippen LogP contribution is -2.40. The first-order valence-electron chi connectivity index (χ1n) is 15.6. The number of imide groups is 2. The smallest absolute Gasteiger partial charge is 0.265 e. The molecule has 2 aliphatic heterocycles. The lowest BCUT2D eigenvalue weighted by atomic mass is 9.91. The lowest BCUT2D eigenvalue weighted by molar-refractivity contribution is 0.0877. The second kappa shape index (κ2) is 11.8. The van der Waals surface area contributed by atoms with Crippen LogP contribution in [0, 0.1) is 23.7 Å². The summed E-state index contributed by atoms with van der Waals surface area (Å²) in [5.41, 5.74) is 3.74. The van der Waals surface area contributed by atoms with E-state index in [1.807, 2.05) is 12.1 Å². The molecule has 0 N–H and O–H groups in total. The van der Waals surface area contributed by atoms with E-state index < -0.39 is 23.6 Å². The second-order valence-corrected chi connectivity index (χ2v) is 11.6. The van der Waals surface area contributed by atoms with Gasteiger partial charge in [-0.1, -0.05) is 36.1 Å². The third-order valence-corrected chi connectivity index (χ3v) is 8.93. The first kappa shape index (κ1) is 30.2. The molecule has 8 heteroatoms. The highest BCUT2D eigenvalue weighted by molar-refractivity contribution is 6.37. The number of nitrogens with zero attached hydrogens (tertiary/aromatic N) is 2. The number of carbonyl (C=O) groups is 4. The first-order chi connectivity index (χ1) is 24.4. The maximum Gasteiger partial charge on any atom is 0.265 e. The van der Waals surface area contributed by atoms with E-state index in [-0.39, 0.29) is 0 Å². The van der Waals surface area contributed by atoms with Crippen LogP contribution in [0.5, 0.6) is 11.5 Å². The predicted molar refractivity (Wildman–Crippen MR) is 190 cm³/mol. The van der Waals surface area contributed by atoms with Crippen molar-refractivity contribution in [2.45, 2.75) is 0 Å². The van der Waals surface area contributed by atoms with E-state index in [0.29, 0.717) is 77.8 Å². The van der Waals surface area contributed by atoms with Gasteiger partial charge in [-0.05, 0) is 108 Å². The van der Waals surface area contributed by atoms with Gasteiger partial charge in [-0.2, -0.15) is 0 Å². The molecular formula is C42H24N2O6. The van der Waals surface area contributed by atoms with Crippen molar-refractivity contribution in [2.24, 2.45) is 0 Å². The van der Waals surface area contributed by atoms with E-state index in [1.165, 1.54) is 9.80 Å². The number of benzene rings is 6. The van der Waals surface area contributed by atoms with Gasteiger partial charge in [0.2, 0.25) is 0 Å². The molecule has 0 aliphatic carbocycles. The van der Waals surface area contributed by atoms with Gasteiger partial charge in [0.15, 0.2) is 0 Å². The fraction of sp³-hybridized carbons (Fsp3) is 0.0476. The summed E-state index contributed by atoms with van der Waals surface area (Å²) in [5.74, 6) is 11.5. The lowest BCUT2D eigenvalue weighted by Gasteiger charge is -2.27. The molecule has 8 nitrogen and oxygen atoms in total. The Balaban J connectivity index is 1.12. The highest BCUT2D eigenvalue weighted by atomic mass is 16.5. The Morgan fingerprint density at radius 2 is 0.800 bits per heavy atom. The fourth-order valence-corrected chi connectivity index (χ4v) is 6.54. The van der Waals surface area contributed by atoms with Crippen LogP contribution in [0.2, 0.25) is 0 Å². The number of anilines is 2. The average Bonchev–Trinajstić information content (AvgIpc) is 3.15. The van der Waals surface area contributed by atoms with Gasteiger partial charge in [0, 0.05) is 44.2 Å². The molecule has 0 fully saturated rings. The molecule has 0 bridgehead atoms. The zero-order valence-corrected chi connectivity index (χ0v) is 26.7. The molecule has 238 valence electrons. The van der Waals surface area contributed by atoms with Crippen LogP contribution in [0.15, 0.2) is 109 Å². The summed E-state index contributed by atoms with van der Waals surface area (Å²) in [6.07, 6.45) is 0. The quantitative estimate of drug-likeness (QED) is 0.150. The Morgan fingerprint density at radius 3 is 1.16 bits per heavy atom. The van der Waals surface area contributed by atoms with Crippen LogP contribution in [0.25, 0.3) is 21.5 Å². The van der Waals surface area contributed by atoms with Crippen LogP contribution in [-0.2, 0) is 0 Å². The predicted octanol–water partition coefficient (Wildman–Crippen LogP) is 7.01. The van der Waals surface area contributed by atoms with Crippen molar-refractivity contribution in [1.29, 1.82) is 0 Å². The third kappa shape index (κ3) is 4.67. The number of methoxy groups -OCH3 is 2. The van der Waals surface area contributed by atoms with Crippen molar-refractivity contribution in [2.75, 3.05) is 24.0 Å². The molecular weight excluding hydrogens is 628 g/mol. The molecule has 4 amide bonds. The van der Waals surface area contributed by atoms with Gasteiger partial charge in [0.1, 0.15) is 11.5 Å². The number of hydrogen-bond acceptors (Lipinski definition) is 6. The summed E-state index contributed by atoms with van der Waals surface area (Å²) in [4.78, 5) is 56.7. The van der Waals surface area contributed by atoms with Crippen molar-refractivity contribution in [3.05, 3.63) is 143 Å². The molecule has 0 unspecified atom stereocenters. The standard InChI is InChI=1S/C42H24N2O6/c1-49-29-19-15-27(16-20-29)43-39(45)33-11-5-9-31-25(13-23-35(37(31)33)41(43)47)7-3-4-8-26-14-24-36-38-32(26)10-6-12-34(38)40(46)44(42(36)48)28-17-21-30(50-2)22-18-28/h5-6,9-24H,1-2H3. The van der Waals surface area contributed by atoms with E-state index in [9.17, 15) is 19.2 Å². The Morgan fingerprint density at radius 1 is 0.440 bits per heavy atom. The molecule has 0 radical (unpaired) electrons. The van der Waals surface area contributed by atoms with E-state index in [4.69, 9.17) is 9.47 Å². The van der Waals surface area contributed by atoms with Crippen molar-refractivity contribution in [1.82, 2.24) is 0 Å². The minimum absolute atomic E-state index is 0.404. The van der Waals surface area contributed by atoms with Crippen molar-refractivity contribution in [3.8, 4) is 35.2 Å². The Kier molecular flexibility index (Phi) is 7.14. The largest absolute Gasteiger partial charge is 0.497 e. The molecule has 2 aliphatic rings. The van der Waals surface area contributed by atoms with E-state index >= 15 is 0 Å². The molecule has 0 saturated heterocycles. The Bertz CT molecular complexity index is 2370. The van der Waals surface area contributed by atoms with Crippen LogP contribution in [0.1, 0.15) is 52.6 Å². The SMILES string of the molecule is COc1ccc(N2C(=O)c3cccc4c(C#CC#Cc5ccc6c7c(cccc57)C(=O)N(c5ccc(OC)cc5)C6=O)ccc(c34)C2=O)cc1. The molecule has 6 aromatic rings. The van der Waals surface area contributed by atoms with Gasteiger partial charge in [-0.25, -0.2) is 9.80 Å². The number of ether oxygens (including phenoxy) is 2. The highest BCUT2D eigenvalue weighted by Crippen LogP contribution is 2.36. The van der Waals surface area contributed by atoms with Crippen LogP contribution < -0.4 is 19.3 Å². The minimum Gasteiger partial charge on any atom is -0.497 e. The number of carbonyl (C=O) groups excluding carboxylic acids is 4. The van der Waals surface area contributed by atoms with E-state index in [1.54, 1.807) is 111 Å². The molecule has 0 spiro atoms. The van der Waals surface area contributed by atoms with Crippen LogP contribution in [-0.4, -0.2) is 37.8 Å². The van der Waals surface area contributed by atoms with E-state index in [2.05, 4.69) is 23.7 Å². The maximum atomic E-state index is 13.6. The summed E-state index contributed by atoms with van der Waals surface area (Å²) in [6.45, 7) is 0. The number of amides is 4. The summed E-state index contributed by atoms with van der Waals surface area (Å²) >= 11 is 0. The topological polar surface area (TPSA) is 93.2 Å².